The summed E-state index contributed by atoms with van der Waals surface area (Å²) < 4.78 is 16.9. The summed E-state index contributed by atoms with van der Waals surface area (Å²) in [5.41, 5.74) is 0. The predicted molar refractivity (Wildman–Crippen MR) is 330 cm³/mol. The Morgan fingerprint density at radius 2 is 0.513 bits per heavy atom. The van der Waals surface area contributed by atoms with Crippen LogP contribution in [0.3, 0.4) is 0 Å². The van der Waals surface area contributed by atoms with E-state index in [1.54, 1.807) is 0 Å². The van der Waals surface area contributed by atoms with Crippen LogP contribution >= 0.6 is 0 Å². The van der Waals surface area contributed by atoms with Gasteiger partial charge in [0.2, 0.25) is 0 Å². The number of esters is 3. The van der Waals surface area contributed by atoms with Gasteiger partial charge in [0, 0.05) is 19.3 Å². The van der Waals surface area contributed by atoms with Gasteiger partial charge in [0.25, 0.3) is 0 Å². The lowest BCUT2D eigenvalue weighted by Gasteiger charge is -2.18. The van der Waals surface area contributed by atoms with E-state index in [4.69, 9.17) is 14.2 Å². The first kappa shape index (κ1) is 72.1. The number of ether oxygens (including phenoxy) is 3. The SMILES string of the molecule is CC/C=C\C/C=C\C/C=C\C/C=C\C/C=C\CCCCCCCCCCCCCCCC(=O)OCC(COC(=O)CCCCC/C=C\C/C=C\C/C=C\CC)OC(=O)CCCCCCC/C=C\CCCCCCCCC. The molecule has 6 nitrogen and oxygen atoms in total. The maximum atomic E-state index is 12.9. The summed E-state index contributed by atoms with van der Waals surface area (Å²) in [6, 6.07) is 0. The van der Waals surface area contributed by atoms with E-state index >= 15 is 0 Å². The molecular weight excluding hydrogens is 937 g/mol. The smallest absolute Gasteiger partial charge is 0.306 e. The summed E-state index contributed by atoms with van der Waals surface area (Å²) in [6.45, 7) is 6.39. The number of hydrogen-bond acceptors (Lipinski definition) is 6. The first-order valence-corrected chi connectivity index (χ1v) is 31.9. The van der Waals surface area contributed by atoms with E-state index in [1.165, 1.54) is 128 Å². The number of unbranched alkanes of at least 4 members (excludes halogenated alkanes) is 28. The molecule has 6 heteroatoms. The Morgan fingerprint density at radius 1 is 0.276 bits per heavy atom. The molecule has 0 aromatic rings. The molecule has 0 radical (unpaired) electrons. The highest BCUT2D eigenvalue weighted by Crippen LogP contribution is 2.16. The average Bonchev–Trinajstić information content (AvgIpc) is 3.42. The van der Waals surface area contributed by atoms with Gasteiger partial charge in [0.1, 0.15) is 13.2 Å². The molecule has 0 saturated heterocycles. The number of carbonyl (C=O) groups excluding carboxylic acids is 3. The van der Waals surface area contributed by atoms with Gasteiger partial charge in [-0.25, -0.2) is 0 Å². The minimum absolute atomic E-state index is 0.0909. The average molecular weight is 1060 g/mol. The molecule has 0 aromatic heterocycles. The van der Waals surface area contributed by atoms with E-state index in [0.29, 0.717) is 19.3 Å². The van der Waals surface area contributed by atoms with Crippen LogP contribution in [0, 0.1) is 0 Å². The standard InChI is InChI=1S/C70H118O6/c1-4-7-10-13-16-19-22-25-27-29-30-31-32-33-34-35-36-37-38-39-40-41-43-45-48-51-54-57-60-63-69(72)75-66-67(65-74-68(71)62-59-56-53-50-47-44-24-21-18-15-12-9-6-3)76-70(73)64-61-58-55-52-49-46-42-28-26-23-20-17-14-11-8-5-2/h7,9-10,12,16,18-19,21,25,27-28,30-31,33-34,42,44,47,67H,4-6,8,11,13-15,17,20,22-24,26,29,32,35-41,43,45-46,48-66H2,1-3H3/b10-7-,12-9-,19-16-,21-18-,27-25-,31-30-,34-33-,42-28-,47-44-. The lowest BCUT2D eigenvalue weighted by atomic mass is 10.0. The molecule has 0 aliphatic rings. The minimum Gasteiger partial charge on any atom is -0.462 e. The second-order valence-electron chi connectivity index (χ2n) is 20.9. The van der Waals surface area contributed by atoms with Gasteiger partial charge in [-0.1, -0.05) is 265 Å². The van der Waals surface area contributed by atoms with Gasteiger partial charge in [-0.2, -0.15) is 0 Å². The Labute approximate surface area is 470 Å². The lowest BCUT2D eigenvalue weighted by molar-refractivity contribution is -0.167. The molecule has 0 spiro atoms. The first-order chi connectivity index (χ1) is 37.5. The van der Waals surface area contributed by atoms with E-state index in [1.807, 2.05) is 0 Å². The van der Waals surface area contributed by atoms with E-state index in [0.717, 1.165) is 128 Å². The van der Waals surface area contributed by atoms with Gasteiger partial charge in [0.05, 0.1) is 0 Å². The molecule has 1 atom stereocenters. The molecule has 0 fully saturated rings. The van der Waals surface area contributed by atoms with E-state index in [-0.39, 0.29) is 31.1 Å². The zero-order valence-electron chi connectivity index (χ0n) is 49.7. The van der Waals surface area contributed by atoms with Gasteiger partial charge in [-0.3, -0.25) is 14.4 Å². The Bertz CT molecular complexity index is 1540. The summed E-state index contributed by atoms with van der Waals surface area (Å²) in [7, 11) is 0. The van der Waals surface area contributed by atoms with Crippen LogP contribution in [0.5, 0.6) is 0 Å². The van der Waals surface area contributed by atoms with E-state index < -0.39 is 6.10 Å². The topological polar surface area (TPSA) is 78.9 Å². The van der Waals surface area contributed by atoms with Crippen LogP contribution in [0.15, 0.2) is 109 Å². The van der Waals surface area contributed by atoms with Gasteiger partial charge < -0.3 is 14.2 Å². The minimum atomic E-state index is -0.796. The Morgan fingerprint density at radius 3 is 0.829 bits per heavy atom. The van der Waals surface area contributed by atoms with Crippen LogP contribution in [0.25, 0.3) is 0 Å². The summed E-state index contributed by atoms with van der Waals surface area (Å²) in [5, 5.41) is 0. The van der Waals surface area contributed by atoms with Crippen molar-refractivity contribution in [1.29, 1.82) is 0 Å². The summed E-state index contributed by atoms with van der Waals surface area (Å²) in [4.78, 5) is 38.2. The third-order valence-electron chi connectivity index (χ3n) is 13.5. The molecule has 0 aliphatic heterocycles. The third-order valence-corrected chi connectivity index (χ3v) is 13.5. The summed E-state index contributed by atoms with van der Waals surface area (Å²) >= 11 is 0. The normalized spacial score (nSPS) is 12.8. The summed E-state index contributed by atoms with van der Waals surface area (Å²) in [5.74, 6) is -0.924. The van der Waals surface area contributed by atoms with Crippen LogP contribution in [0.2, 0.25) is 0 Å². The van der Waals surface area contributed by atoms with Crippen molar-refractivity contribution in [2.45, 2.75) is 303 Å². The maximum Gasteiger partial charge on any atom is 0.306 e. The lowest BCUT2D eigenvalue weighted by Crippen LogP contribution is -2.30. The quantitative estimate of drug-likeness (QED) is 0.0261. The highest BCUT2D eigenvalue weighted by molar-refractivity contribution is 5.71. The van der Waals surface area contributed by atoms with Crippen LogP contribution in [0.1, 0.15) is 297 Å². The largest absolute Gasteiger partial charge is 0.462 e. The van der Waals surface area contributed by atoms with Crippen molar-refractivity contribution < 1.29 is 28.6 Å². The first-order valence-electron chi connectivity index (χ1n) is 31.9. The second-order valence-corrected chi connectivity index (χ2v) is 20.9. The molecule has 0 aliphatic carbocycles. The Balaban J connectivity index is 4.27. The third kappa shape index (κ3) is 60.9. The fourth-order valence-corrected chi connectivity index (χ4v) is 8.77. The Hall–Kier alpha value is -3.93. The van der Waals surface area contributed by atoms with Crippen LogP contribution in [-0.2, 0) is 28.6 Å². The van der Waals surface area contributed by atoms with Crippen molar-refractivity contribution in [3.05, 3.63) is 109 Å². The zero-order chi connectivity index (χ0) is 55.0. The second kappa shape index (κ2) is 63.6. The van der Waals surface area contributed by atoms with Crippen molar-refractivity contribution in [3.8, 4) is 0 Å². The molecule has 0 amide bonds. The van der Waals surface area contributed by atoms with Crippen molar-refractivity contribution in [2.24, 2.45) is 0 Å². The highest BCUT2D eigenvalue weighted by atomic mass is 16.6. The molecule has 434 valence electrons. The molecule has 0 bridgehead atoms. The number of rotatable bonds is 57. The molecule has 1 unspecified atom stereocenters. The van der Waals surface area contributed by atoms with Gasteiger partial charge >= 0.3 is 17.9 Å². The van der Waals surface area contributed by atoms with E-state index in [9.17, 15) is 14.4 Å². The monoisotopic (exact) mass is 1050 g/mol. The fourth-order valence-electron chi connectivity index (χ4n) is 8.77. The fraction of sp³-hybridized carbons (Fsp3) is 0.700. The van der Waals surface area contributed by atoms with Gasteiger partial charge in [-0.05, 0) is 122 Å². The van der Waals surface area contributed by atoms with Crippen LogP contribution in [0.4, 0.5) is 0 Å². The summed E-state index contributed by atoms with van der Waals surface area (Å²) in [6.07, 6.45) is 86.7. The zero-order valence-corrected chi connectivity index (χ0v) is 49.7. The van der Waals surface area contributed by atoms with Gasteiger partial charge in [0.15, 0.2) is 6.10 Å². The number of allylic oxidation sites excluding steroid dienone is 18. The Kier molecular flexibility index (Phi) is 60.3. The number of hydrogen-bond donors (Lipinski definition) is 0. The molecule has 76 heavy (non-hydrogen) atoms. The maximum absolute atomic E-state index is 12.9. The van der Waals surface area contributed by atoms with Crippen molar-refractivity contribution in [1.82, 2.24) is 0 Å². The molecular formula is C70H118O6. The predicted octanol–water partition coefficient (Wildman–Crippen LogP) is 21.8. The van der Waals surface area contributed by atoms with Crippen molar-refractivity contribution >= 4 is 17.9 Å². The molecule has 0 aromatic carbocycles. The van der Waals surface area contributed by atoms with Crippen LogP contribution in [-0.4, -0.2) is 37.2 Å². The van der Waals surface area contributed by atoms with Crippen LogP contribution < -0.4 is 0 Å². The molecule has 0 N–H and O–H groups in total. The van der Waals surface area contributed by atoms with Crippen molar-refractivity contribution in [3.63, 3.8) is 0 Å². The van der Waals surface area contributed by atoms with Crippen molar-refractivity contribution in [2.75, 3.05) is 13.2 Å². The highest BCUT2D eigenvalue weighted by Gasteiger charge is 2.19. The molecule has 0 rings (SSSR count). The number of carbonyl (C=O) groups is 3. The van der Waals surface area contributed by atoms with Gasteiger partial charge in [-0.15, -0.1) is 0 Å². The van der Waals surface area contributed by atoms with E-state index in [2.05, 4.69) is 130 Å². The molecule has 0 saturated carbocycles. The molecule has 0 heterocycles.